The SMILES string of the molecule is CC(C)(C)NC(=S)Nc1ccc(C(F)(F)F)cc1. The highest BCUT2D eigenvalue weighted by Crippen LogP contribution is 2.29. The highest BCUT2D eigenvalue weighted by molar-refractivity contribution is 7.80. The molecule has 1 aromatic carbocycles. The van der Waals surface area contributed by atoms with E-state index >= 15 is 0 Å². The third-order valence-electron chi connectivity index (χ3n) is 1.96. The zero-order chi connectivity index (χ0) is 14.0. The summed E-state index contributed by atoms with van der Waals surface area (Å²) < 4.78 is 37.0. The van der Waals surface area contributed by atoms with Gasteiger partial charge in [-0.2, -0.15) is 13.2 Å². The van der Waals surface area contributed by atoms with Crippen LogP contribution in [0.4, 0.5) is 18.9 Å². The number of anilines is 1. The standard InChI is InChI=1S/C12H15F3N2S/c1-11(2,3)17-10(18)16-9-6-4-8(5-7-9)12(13,14)15/h4-7H,1-3H3,(H2,16,17,18). The lowest BCUT2D eigenvalue weighted by Gasteiger charge is -2.23. The summed E-state index contributed by atoms with van der Waals surface area (Å²) in [5.41, 5.74) is -0.358. The second kappa shape index (κ2) is 5.14. The average Bonchev–Trinajstić information content (AvgIpc) is 2.13. The minimum Gasteiger partial charge on any atom is -0.358 e. The monoisotopic (exact) mass is 276 g/mol. The van der Waals surface area contributed by atoms with E-state index in [9.17, 15) is 13.2 Å². The van der Waals surface area contributed by atoms with Crippen molar-refractivity contribution >= 4 is 23.0 Å². The molecule has 2 nitrogen and oxygen atoms in total. The van der Waals surface area contributed by atoms with Crippen LogP contribution in [0.1, 0.15) is 26.3 Å². The Morgan fingerprint density at radius 2 is 1.56 bits per heavy atom. The van der Waals surface area contributed by atoms with Crippen LogP contribution in [0.15, 0.2) is 24.3 Å². The van der Waals surface area contributed by atoms with Crippen molar-refractivity contribution in [1.82, 2.24) is 5.32 Å². The summed E-state index contributed by atoms with van der Waals surface area (Å²) in [6.45, 7) is 5.81. The van der Waals surface area contributed by atoms with E-state index in [0.29, 0.717) is 10.8 Å². The van der Waals surface area contributed by atoms with Gasteiger partial charge in [-0.15, -0.1) is 0 Å². The molecular formula is C12H15F3N2S. The Hall–Kier alpha value is -1.30. The van der Waals surface area contributed by atoms with Crippen LogP contribution in [0.5, 0.6) is 0 Å². The first kappa shape index (κ1) is 14.8. The molecule has 0 amide bonds. The van der Waals surface area contributed by atoms with E-state index in [4.69, 9.17) is 12.2 Å². The van der Waals surface area contributed by atoms with E-state index < -0.39 is 11.7 Å². The lowest BCUT2D eigenvalue weighted by molar-refractivity contribution is -0.137. The highest BCUT2D eigenvalue weighted by atomic mass is 32.1. The van der Waals surface area contributed by atoms with Crippen molar-refractivity contribution in [2.24, 2.45) is 0 Å². The van der Waals surface area contributed by atoms with Gasteiger partial charge in [-0.3, -0.25) is 0 Å². The molecule has 0 radical (unpaired) electrons. The van der Waals surface area contributed by atoms with Gasteiger partial charge in [-0.05, 0) is 57.3 Å². The van der Waals surface area contributed by atoms with Crippen LogP contribution in [0.2, 0.25) is 0 Å². The van der Waals surface area contributed by atoms with Crippen LogP contribution in [-0.4, -0.2) is 10.7 Å². The van der Waals surface area contributed by atoms with Gasteiger partial charge in [0.25, 0.3) is 0 Å². The Labute approximate surface area is 110 Å². The van der Waals surface area contributed by atoms with Gasteiger partial charge < -0.3 is 10.6 Å². The Morgan fingerprint density at radius 3 is 1.94 bits per heavy atom. The average molecular weight is 276 g/mol. The maximum absolute atomic E-state index is 12.3. The smallest absolute Gasteiger partial charge is 0.358 e. The van der Waals surface area contributed by atoms with E-state index in [-0.39, 0.29) is 5.54 Å². The molecule has 0 unspecified atom stereocenters. The van der Waals surface area contributed by atoms with Crippen LogP contribution in [0, 0.1) is 0 Å². The van der Waals surface area contributed by atoms with E-state index in [2.05, 4.69) is 10.6 Å². The van der Waals surface area contributed by atoms with Crippen LogP contribution in [0.3, 0.4) is 0 Å². The lowest BCUT2D eigenvalue weighted by Crippen LogP contribution is -2.42. The van der Waals surface area contributed by atoms with E-state index in [1.165, 1.54) is 12.1 Å². The first-order chi connectivity index (χ1) is 8.08. The molecular weight excluding hydrogens is 261 g/mol. The van der Waals surface area contributed by atoms with Crippen molar-refractivity contribution in [3.05, 3.63) is 29.8 Å². The second-order valence-corrected chi connectivity index (χ2v) is 5.31. The van der Waals surface area contributed by atoms with Crippen LogP contribution < -0.4 is 10.6 Å². The largest absolute Gasteiger partial charge is 0.416 e. The van der Waals surface area contributed by atoms with E-state index in [0.717, 1.165) is 12.1 Å². The maximum atomic E-state index is 12.3. The molecule has 2 N–H and O–H groups in total. The number of rotatable bonds is 1. The van der Waals surface area contributed by atoms with Gasteiger partial charge in [0.05, 0.1) is 5.56 Å². The molecule has 6 heteroatoms. The van der Waals surface area contributed by atoms with Gasteiger partial charge in [-0.1, -0.05) is 0 Å². The molecule has 0 aliphatic carbocycles. The molecule has 0 aliphatic rings. The quantitative estimate of drug-likeness (QED) is 0.763. The third kappa shape index (κ3) is 4.91. The van der Waals surface area contributed by atoms with Crippen molar-refractivity contribution in [2.45, 2.75) is 32.5 Å². The zero-order valence-electron chi connectivity index (χ0n) is 10.4. The van der Waals surface area contributed by atoms with Gasteiger partial charge >= 0.3 is 6.18 Å². The summed E-state index contributed by atoms with van der Waals surface area (Å²) in [5.74, 6) is 0. The highest BCUT2D eigenvalue weighted by Gasteiger charge is 2.29. The molecule has 0 bridgehead atoms. The minimum absolute atomic E-state index is 0.198. The molecule has 18 heavy (non-hydrogen) atoms. The van der Waals surface area contributed by atoms with Crippen molar-refractivity contribution in [3.63, 3.8) is 0 Å². The van der Waals surface area contributed by atoms with Crippen molar-refractivity contribution in [1.29, 1.82) is 0 Å². The second-order valence-electron chi connectivity index (χ2n) is 4.90. The van der Waals surface area contributed by atoms with Gasteiger partial charge in [0.2, 0.25) is 0 Å². The normalized spacial score (nSPS) is 12.1. The Bertz CT molecular complexity index is 418. The number of hydrogen-bond donors (Lipinski definition) is 2. The number of benzene rings is 1. The van der Waals surface area contributed by atoms with Crippen molar-refractivity contribution < 1.29 is 13.2 Å². The van der Waals surface area contributed by atoms with Crippen LogP contribution in [-0.2, 0) is 6.18 Å². The Morgan fingerprint density at radius 1 is 1.06 bits per heavy atom. The van der Waals surface area contributed by atoms with Crippen LogP contribution >= 0.6 is 12.2 Å². The first-order valence-electron chi connectivity index (χ1n) is 5.34. The van der Waals surface area contributed by atoms with Gasteiger partial charge in [0, 0.05) is 11.2 Å². The molecule has 0 spiro atoms. The molecule has 1 rings (SSSR count). The van der Waals surface area contributed by atoms with Crippen LogP contribution in [0.25, 0.3) is 0 Å². The molecule has 0 atom stereocenters. The molecule has 0 heterocycles. The van der Waals surface area contributed by atoms with E-state index in [1.807, 2.05) is 20.8 Å². The fourth-order valence-electron chi connectivity index (χ4n) is 1.25. The molecule has 0 saturated heterocycles. The summed E-state index contributed by atoms with van der Waals surface area (Å²) in [4.78, 5) is 0. The van der Waals surface area contributed by atoms with Gasteiger partial charge in [0.1, 0.15) is 0 Å². The molecule has 0 aromatic heterocycles. The summed E-state index contributed by atoms with van der Waals surface area (Å²) in [6.07, 6.45) is -4.32. The lowest BCUT2D eigenvalue weighted by atomic mass is 10.1. The molecule has 0 fully saturated rings. The number of nitrogens with one attached hydrogen (secondary N) is 2. The van der Waals surface area contributed by atoms with E-state index in [1.54, 1.807) is 0 Å². The van der Waals surface area contributed by atoms with Crippen molar-refractivity contribution in [2.75, 3.05) is 5.32 Å². The number of thiocarbonyl (C=S) groups is 1. The molecule has 100 valence electrons. The molecule has 1 aromatic rings. The maximum Gasteiger partial charge on any atom is 0.416 e. The fourth-order valence-corrected chi connectivity index (χ4v) is 1.67. The summed E-state index contributed by atoms with van der Waals surface area (Å²) in [6, 6.07) is 4.73. The summed E-state index contributed by atoms with van der Waals surface area (Å²) >= 11 is 5.05. The zero-order valence-corrected chi connectivity index (χ0v) is 11.2. The number of halogens is 3. The van der Waals surface area contributed by atoms with Crippen molar-refractivity contribution in [3.8, 4) is 0 Å². The number of hydrogen-bond acceptors (Lipinski definition) is 1. The number of alkyl halides is 3. The third-order valence-corrected chi connectivity index (χ3v) is 2.16. The predicted molar refractivity (Wildman–Crippen MR) is 70.6 cm³/mol. The molecule has 0 aliphatic heterocycles. The fraction of sp³-hybridized carbons (Fsp3) is 0.417. The summed E-state index contributed by atoms with van der Waals surface area (Å²) in [5, 5.41) is 6.22. The Balaban J connectivity index is 2.67. The Kier molecular flexibility index (Phi) is 4.21. The van der Waals surface area contributed by atoms with Gasteiger partial charge in [0.15, 0.2) is 5.11 Å². The summed E-state index contributed by atoms with van der Waals surface area (Å²) in [7, 11) is 0. The topological polar surface area (TPSA) is 24.1 Å². The predicted octanol–water partition coefficient (Wildman–Crippen LogP) is 3.79. The first-order valence-corrected chi connectivity index (χ1v) is 5.75. The van der Waals surface area contributed by atoms with Gasteiger partial charge in [-0.25, -0.2) is 0 Å². The molecule has 0 saturated carbocycles. The minimum atomic E-state index is -4.32.